The number of ether oxygens (including phenoxy) is 2. The van der Waals surface area contributed by atoms with Crippen molar-refractivity contribution in [1.29, 1.82) is 0 Å². The van der Waals surface area contributed by atoms with E-state index in [0.717, 1.165) is 37.1 Å². The van der Waals surface area contributed by atoms with Crippen molar-refractivity contribution in [1.82, 2.24) is 5.32 Å². The molecule has 1 aliphatic heterocycles. The summed E-state index contributed by atoms with van der Waals surface area (Å²) < 4.78 is 10.7. The Morgan fingerprint density at radius 1 is 1.18 bits per heavy atom. The summed E-state index contributed by atoms with van der Waals surface area (Å²) in [5.41, 5.74) is 1.31. The number of benzene rings is 1. The van der Waals surface area contributed by atoms with Crippen molar-refractivity contribution in [2.45, 2.75) is 44.9 Å². The molecule has 124 valence electrons. The third kappa shape index (κ3) is 5.45. The molecule has 1 saturated heterocycles. The summed E-state index contributed by atoms with van der Waals surface area (Å²) in [5.74, 6) is 1.56. The number of morpholine rings is 1. The van der Waals surface area contributed by atoms with Gasteiger partial charge in [0.2, 0.25) is 0 Å². The highest BCUT2D eigenvalue weighted by molar-refractivity contribution is 6.32. The second-order valence-electron chi connectivity index (χ2n) is 5.79. The van der Waals surface area contributed by atoms with Crippen molar-refractivity contribution in [2.24, 2.45) is 0 Å². The molecule has 1 aliphatic carbocycles. The van der Waals surface area contributed by atoms with Crippen LogP contribution in [-0.2, 0) is 4.74 Å². The molecule has 0 spiro atoms. The second kappa shape index (κ2) is 10.1. The van der Waals surface area contributed by atoms with E-state index < -0.39 is 0 Å². The number of halogens is 1. The van der Waals surface area contributed by atoms with Crippen molar-refractivity contribution >= 4 is 11.6 Å². The van der Waals surface area contributed by atoms with Crippen LogP contribution in [-0.4, -0.2) is 32.9 Å². The fourth-order valence-electron chi connectivity index (χ4n) is 3.07. The standard InChI is InChI=1S/C14H19ClO.C4H9NO/c1-2-16-14-12(9-6-10-13(14)15)11-7-4-3-5-8-11;1-3-6-4-2-5-1/h6,9-11H,2-5,7-8H2,1H3;5H,1-4H2. The molecule has 3 nitrogen and oxygen atoms in total. The van der Waals surface area contributed by atoms with Gasteiger partial charge in [0.05, 0.1) is 24.8 Å². The Morgan fingerprint density at radius 3 is 2.45 bits per heavy atom. The lowest BCUT2D eigenvalue weighted by atomic mass is 9.84. The maximum absolute atomic E-state index is 6.20. The SMILES string of the molecule is C1COCCN1.CCOc1c(Cl)cccc1C1CCCCC1. The molecule has 1 aromatic rings. The Hall–Kier alpha value is -0.770. The summed E-state index contributed by atoms with van der Waals surface area (Å²) in [5, 5.41) is 3.91. The zero-order valence-corrected chi connectivity index (χ0v) is 14.3. The van der Waals surface area contributed by atoms with Gasteiger partial charge in [-0.2, -0.15) is 0 Å². The predicted molar refractivity (Wildman–Crippen MR) is 92.1 cm³/mol. The van der Waals surface area contributed by atoms with Crippen LogP contribution in [0.2, 0.25) is 5.02 Å². The minimum absolute atomic E-state index is 0.647. The lowest BCUT2D eigenvalue weighted by Crippen LogP contribution is -2.30. The first-order valence-corrected chi connectivity index (χ1v) is 8.90. The van der Waals surface area contributed by atoms with Crippen LogP contribution in [0.5, 0.6) is 5.75 Å². The van der Waals surface area contributed by atoms with Gasteiger partial charge in [-0.1, -0.05) is 43.0 Å². The monoisotopic (exact) mass is 325 g/mol. The molecule has 0 bridgehead atoms. The molecule has 4 heteroatoms. The first-order valence-electron chi connectivity index (χ1n) is 8.52. The van der Waals surface area contributed by atoms with Crippen molar-refractivity contribution in [3.05, 3.63) is 28.8 Å². The van der Waals surface area contributed by atoms with Gasteiger partial charge in [0, 0.05) is 13.1 Å². The molecule has 1 aromatic carbocycles. The molecule has 2 fully saturated rings. The number of nitrogens with one attached hydrogen (secondary N) is 1. The summed E-state index contributed by atoms with van der Waals surface area (Å²) in [6.07, 6.45) is 6.60. The summed E-state index contributed by atoms with van der Waals surface area (Å²) in [6.45, 7) is 6.53. The van der Waals surface area contributed by atoms with E-state index in [2.05, 4.69) is 11.4 Å². The van der Waals surface area contributed by atoms with E-state index in [-0.39, 0.29) is 0 Å². The van der Waals surface area contributed by atoms with E-state index >= 15 is 0 Å². The average Bonchev–Trinajstić information content (AvgIpc) is 2.60. The van der Waals surface area contributed by atoms with E-state index in [1.165, 1.54) is 37.7 Å². The first kappa shape index (κ1) is 17.6. The second-order valence-corrected chi connectivity index (χ2v) is 6.20. The molecule has 1 N–H and O–H groups in total. The van der Waals surface area contributed by atoms with Gasteiger partial charge >= 0.3 is 0 Å². The van der Waals surface area contributed by atoms with Crippen LogP contribution in [0, 0.1) is 0 Å². The highest BCUT2D eigenvalue weighted by atomic mass is 35.5. The molecule has 1 saturated carbocycles. The maximum Gasteiger partial charge on any atom is 0.141 e. The third-order valence-electron chi connectivity index (χ3n) is 4.18. The van der Waals surface area contributed by atoms with Gasteiger partial charge in [-0.3, -0.25) is 0 Å². The van der Waals surface area contributed by atoms with Gasteiger partial charge < -0.3 is 14.8 Å². The van der Waals surface area contributed by atoms with E-state index in [0.29, 0.717) is 12.5 Å². The molecule has 0 unspecified atom stereocenters. The van der Waals surface area contributed by atoms with Crippen LogP contribution in [0.3, 0.4) is 0 Å². The van der Waals surface area contributed by atoms with Crippen LogP contribution < -0.4 is 10.1 Å². The Kier molecular flexibility index (Phi) is 8.06. The molecule has 0 amide bonds. The molecular formula is C18H28ClNO2. The van der Waals surface area contributed by atoms with E-state index in [4.69, 9.17) is 21.1 Å². The largest absolute Gasteiger partial charge is 0.492 e. The van der Waals surface area contributed by atoms with E-state index in [1.54, 1.807) is 0 Å². The van der Waals surface area contributed by atoms with Gasteiger partial charge in [0.25, 0.3) is 0 Å². The van der Waals surface area contributed by atoms with Gasteiger partial charge in [-0.25, -0.2) is 0 Å². The molecule has 0 radical (unpaired) electrons. The van der Waals surface area contributed by atoms with Gasteiger partial charge in [0.15, 0.2) is 0 Å². The predicted octanol–water partition coefficient (Wildman–Crippen LogP) is 4.39. The smallest absolute Gasteiger partial charge is 0.141 e. The minimum atomic E-state index is 0.647. The topological polar surface area (TPSA) is 30.5 Å². The number of rotatable bonds is 3. The number of hydrogen-bond donors (Lipinski definition) is 1. The van der Waals surface area contributed by atoms with Crippen molar-refractivity contribution in [3.63, 3.8) is 0 Å². The molecule has 0 atom stereocenters. The van der Waals surface area contributed by atoms with Crippen LogP contribution in [0.25, 0.3) is 0 Å². The van der Waals surface area contributed by atoms with Crippen LogP contribution in [0.4, 0.5) is 0 Å². The molecule has 0 aromatic heterocycles. The molecule has 1 heterocycles. The normalized spacial score (nSPS) is 19.2. The third-order valence-corrected chi connectivity index (χ3v) is 4.48. The Balaban J connectivity index is 0.000000246. The van der Waals surface area contributed by atoms with Crippen molar-refractivity contribution in [3.8, 4) is 5.75 Å². The van der Waals surface area contributed by atoms with Crippen LogP contribution >= 0.6 is 11.6 Å². The Morgan fingerprint density at radius 2 is 1.91 bits per heavy atom. The van der Waals surface area contributed by atoms with Gasteiger partial charge in [-0.15, -0.1) is 0 Å². The zero-order valence-electron chi connectivity index (χ0n) is 13.6. The van der Waals surface area contributed by atoms with Crippen LogP contribution in [0.15, 0.2) is 18.2 Å². The fourth-order valence-corrected chi connectivity index (χ4v) is 3.31. The Labute approximate surface area is 139 Å². The Bertz CT molecular complexity index is 418. The van der Waals surface area contributed by atoms with Gasteiger partial charge in [0.1, 0.15) is 5.75 Å². The van der Waals surface area contributed by atoms with E-state index in [1.807, 2.05) is 19.1 Å². The van der Waals surface area contributed by atoms with E-state index in [9.17, 15) is 0 Å². The molecule has 3 rings (SSSR count). The summed E-state index contributed by atoms with van der Waals surface area (Å²) in [7, 11) is 0. The quantitative estimate of drug-likeness (QED) is 0.894. The lowest BCUT2D eigenvalue weighted by Gasteiger charge is -2.24. The number of para-hydroxylation sites is 1. The molecule has 2 aliphatic rings. The highest BCUT2D eigenvalue weighted by Gasteiger charge is 2.20. The summed E-state index contributed by atoms with van der Waals surface area (Å²) in [6, 6.07) is 6.13. The summed E-state index contributed by atoms with van der Waals surface area (Å²) in [4.78, 5) is 0. The summed E-state index contributed by atoms with van der Waals surface area (Å²) >= 11 is 6.20. The van der Waals surface area contributed by atoms with Crippen molar-refractivity contribution < 1.29 is 9.47 Å². The average molecular weight is 326 g/mol. The maximum atomic E-state index is 6.20. The molecular weight excluding hydrogens is 298 g/mol. The van der Waals surface area contributed by atoms with Crippen molar-refractivity contribution in [2.75, 3.05) is 32.9 Å². The van der Waals surface area contributed by atoms with Crippen LogP contribution in [0.1, 0.15) is 50.5 Å². The molecule has 22 heavy (non-hydrogen) atoms. The zero-order chi connectivity index (χ0) is 15.6. The fraction of sp³-hybridized carbons (Fsp3) is 0.667. The van der Waals surface area contributed by atoms with Gasteiger partial charge in [-0.05, 0) is 37.3 Å². The lowest BCUT2D eigenvalue weighted by molar-refractivity contribution is 0.109. The highest BCUT2D eigenvalue weighted by Crippen LogP contribution is 2.40. The first-order chi connectivity index (χ1) is 10.8. The number of hydrogen-bond acceptors (Lipinski definition) is 3. The minimum Gasteiger partial charge on any atom is -0.492 e.